The van der Waals surface area contributed by atoms with Crippen molar-refractivity contribution in [1.29, 1.82) is 0 Å². The summed E-state index contributed by atoms with van der Waals surface area (Å²) < 4.78 is 0. The van der Waals surface area contributed by atoms with Gasteiger partial charge in [-0.3, -0.25) is 0 Å². The number of nitrogens with one attached hydrogen (secondary N) is 1. The van der Waals surface area contributed by atoms with Gasteiger partial charge in [-0.15, -0.1) is 11.3 Å². The molecule has 1 heterocycles. The predicted octanol–water partition coefficient (Wildman–Crippen LogP) is 2.67. The molecule has 0 amide bonds. The lowest BCUT2D eigenvalue weighted by atomic mass is 9.92. The van der Waals surface area contributed by atoms with Crippen molar-refractivity contribution in [3.63, 3.8) is 0 Å². The number of thiophene rings is 1. The molecule has 0 unspecified atom stereocenters. The number of nitrogens with two attached hydrogens (primary N) is 1. The van der Waals surface area contributed by atoms with Crippen molar-refractivity contribution < 1.29 is 0 Å². The van der Waals surface area contributed by atoms with Gasteiger partial charge in [0.05, 0.1) is 0 Å². The summed E-state index contributed by atoms with van der Waals surface area (Å²) in [5, 5.41) is 3.65. The zero-order chi connectivity index (χ0) is 11.4. The minimum atomic E-state index is 0.450. The summed E-state index contributed by atoms with van der Waals surface area (Å²) in [5.74, 6) is 0. The summed E-state index contributed by atoms with van der Waals surface area (Å²) in [4.78, 5) is 2.95. The van der Waals surface area contributed by atoms with Crippen molar-refractivity contribution in [1.82, 2.24) is 5.32 Å². The Hall–Kier alpha value is -0.380. The van der Waals surface area contributed by atoms with Crippen molar-refractivity contribution >= 4 is 11.3 Å². The molecule has 0 radical (unpaired) electrons. The molecule has 3 N–H and O–H groups in total. The van der Waals surface area contributed by atoms with Crippen molar-refractivity contribution in [3.8, 4) is 0 Å². The highest BCUT2D eigenvalue weighted by atomic mass is 32.1. The van der Waals surface area contributed by atoms with Crippen molar-refractivity contribution in [2.75, 3.05) is 0 Å². The van der Waals surface area contributed by atoms with Crippen LogP contribution in [0.1, 0.15) is 42.4 Å². The van der Waals surface area contributed by atoms with Crippen molar-refractivity contribution in [3.05, 3.63) is 21.9 Å². The summed E-state index contributed by atoms with van der Waals surface area (Å²) in [7, 11) is 0. The van der Waals surface area contributed by atoms with E-state index in [1.54, 1.807) is 0 Å². The fraction of sp³-hybridized carbons (Fsp3) is 0.692. The Kier molecular flexibility index (Phi) is 4.38. The quantitative estimate of drug-likeness (QED) is 0.846. The van der Waals surface area contributed by atoms with Crippen LogP contribution < -0.4 is 11.1 Å². The highest BCUT2D eigenvalue weighted by molar-refractivity contribution is 7.11. The Morgan fingerprint density at radius 3 is 2.56 bits per heavy atom. The van der Waals surface area contributed by atoms with E-state index in [1.807, 2.05) is 11.3 Å². The van der Waals surface area contributed by atoms with Crippen molar-refractivity contribution in [2.24, 2.45) is 5.73 Å². The molecule has 0 bridgehead atoms. The maximum atomic E-state index is 5.90. The number of rotatable bonds is 4. The molecule has 0 atom stereocenters. The lowest BCUT2D eigenvalue weighted by Gasteiger charge is -2.26. The van der Waals surface area contributed by atoms with Gasteiger partial charge >= 0.3 is 0 Å². The summed E-state index contributed by atoms with van der Waals surface area (Å²) in [5.41, 5.74) is 5.90. The van der Waals surface area contributed by atoms with Gasteiger partial charge in [-0.25, -0.2) is 0 Å². The van der Waals surface area contributed by atoms with Crippen LogP contribution in [0.25, 0.3) is 0 Å². The van der Waals surface area contributed by atoms with E-state index < -0.39 is 0 Å². The molecule has 1 saturated carbocycles. The third kappa shape index (κ3) is 3.30. The molecule has 90 valence electrons. The third-order valence-electron chi connectivity index (χ3n) is 3.40. The minimum absolute atomic E-state index is 0.450. The van der Waals surface area contributed by atoms with Gasteiger partial charge in [0.1, 0.15) is 0 Å². The molecule has 1 aromatic heterocycles. The highest BCUT2D eigenvalue weighted by Gasteiger charge is 2.17. The first-order valence-electron chi connectivity index (χ1n) is 6.34. The van der Waals surface area contributed by atoms with Crippen LogP contribution in [0.4, 0.5) is 0 Å². The standard InChI is InChI=1S/C13H22N2S/c1-2-12-7-8-13(16-12)9-15-11-5-3-10(14)4-6-11/h7-8,10-11,15H,2-6,9,14H2,1H3. The molecule has 1 aliphatic carbocycles. The van der Waals surface area contributed by atoms with Gasteiger partial charge in [0.2, 0.25) is 0 Å². The first-order valence-corrected chi connectivity index (χ1v) is 7.16. The van der Waals surface area contributed by atoms with Crippen LogP contribution in [0.2, 0.25) is 0 Å². The van der Waals surface area contributed by atoms with E-state index in [-0.39, 0.29) is 0 Å². The topological polar surface area (TPSA) is 38.0 Å². The second kappa shape index (κ2) is 5.80. The van der Waals surface area contributed by atoms with Gasteiger partial charge < -0.3 is 11.1 Å². The average Bonchev–Trinajstić information content (AvgIpc) is 2.76. The lowest BCUT2D eigenvalue weighted by molar-refractivity contribution is 0.342. The number of aryl methyl sites for hydroxylation is 1. The van der Waals surface area contributed by atoms with Crippen LogP contribution in [0.15, 0.2) is 12.1 Å². The van der Waals surface area contributed by atoms with E-state index in [2.05, 4.69) is 24.4 Å². The van der Waals surface area contributed by atoms with E-state index in [0.29, 0.717) is 12.1 Å². The zero-order valence-electron chi connectivity index (χ0n) is 10.0. The predicted molar refractivity (Wildman–Crippen MR) is 70.8 cm³/mol. The maximum Gasteiger partial charge on any atom is 0.0302 e. The van der Waals surface area contributed by atoms with Crippen LogP contribution in [-0.4, -0.2) is 12.1 Å². The molecule has 0 aliphatic heterocycles. The summed E-state index contributed by atoms with van der Waals surface area (Å²) in [6, 6.07) is 5.64. The van der Waals surface area contributed by atoms with Gasteiger partial charge in [-0.05, 0) is 44.2 Å². The Morgan fingerprint density at radius 2 is 1.94 bits per heavy atom. The summed E-state index contributed by atoms with van der Waals surface area (Å²) >= 11 is 1.93. The summed E-state index contributed by atoms with van der Waals surface area (Å²) in [6.45, 7) is 3.25. The fourth-order valence-corrected chi connectivity index (χ4v) is 3.18. The third-order valence-corrected chi connectivity index (χ3v) is 4.63. The second-order valence-corrected chi connectivity index (χ2v) is 5.97. The monoisotopic (exact) mass is 238 g/mol. The van der Waals surface area contributed by atoms with E-state index >= 15 is 0 Å². The molecule has 2 rings (SSSR count). The van der Waals surface area contributed by atoms with E-state index in [1.165, 1.54) is 35.4 Å². The molecular weight excluding hydrogens is 216 g/mol. The van der Waals surface area contributed by atoms with Gasteiger partial charge in [0, 0.05) is 28.4 Å². The van der Waals surface area contributed by atoms with E-state index in [9.17, 15) is 0 Å². The van der Waals surface area contributed by atoms with Gasteiger partial charge in [0.25, 0.3) is 0 Å². The molecule has 1 aromatic rings. The maximum absolute atomic E-state index is 5.90. The van der Waals surface area contributed by atoms with Crippen molar-refractivity contribution in [2.45, 2.75) is 57.7 Å². The normalized spacial score (nSPS) is 25.9. The SMILES string of the molecule is CCc1ccc(CNC2CCC(N)CC2)s1. The van der Waals surface area contributed by atoms with Crippen LogP contribution in [0.5, 0.6) is 0 Å². The highest BCUT2D eigenvalue weighted by Crippen LogP contribution is 2.20. The first-order chi connectivity index (χ1) is 7.78. The fourth-order valence-electron chi connectivity index (χ4n) is 2.28. The molecule has 3 heteroatoms. The molecule has 16 heavy (non-hydrogen) atoms. The Bertz CT molecular complexity index is 313. The van der Waals surface area contributed by atoms with Crippen LogP contribution in [-0.2, 0) is 13.0 Å². The molecule has 0 spiro atoms. The van der Waals surface area contributed by atoms with Gasteiger partial charge in [-0.1, -0.05) is 6.92 Å². The molecule has 0 aromatic carbocycles. The largest absolute Gasteiger partial charge is 0.328 e. The van der Waals surface area contributed by atoms with Gasteiger partial charge in [0.15, 0.2) is 0 Å². The van der Waals surface area contributed by atoms with Crippen LogP contribution in [0, 0.1) is 0 Å². The molecule has 1 fully saturated rings. The smallest absolute Gasteiger partial charge is 0.0302 e. The molecule has 2 nitrogen and oxygen atoms in total. The Labute approximate surface area is 102 Å². The number of hydrogen-bond acceptors (Lipinski definition) is 3. The Morgan fingerprint density at radius 1 is 1.25 bits per heavy atom. The van der Waals surface area contributed by atoms with E-state index in [0.717, 1.165) is 13.0 Å². The summed E-state index contributed by atoms with van der Waals surface area (Å²) in [6.07, 6.45) is 6.01. The number of hydrogen-bond donors (Lipinski definition) is 2. The Balaban J connectivity index is 1.74. The van der Waals surface area contributed by atoms with E-state index in [4.69, 9.17) is 5.73 Å². The molecular formula is C13H22N2S. The molecule has 1 aliphatic rings. The average molecular weight is 238 g/mol. The zero-order valence-corrected chi connectivity index (χ0v) is 10.9. The van der Waals surface area contributed by atoms with Gasteiger partial charge in [-0.2, -0.15) is 0 Å². The minimum Gasteiger partial charge on any atom is -0.328 e. The van der Waals surface area contributed by atoms with Crippen LogP contribution in [0.3, 0.4) is 0 Å². The molecule has 0 saturated heterocycles. The van der Waals surface area contributed by atoms with Crippen LogP contribution >= 0.6 is 11.3 Å². The lowest BCUT2D eigenvalue weighted by Crippen LogP contribution is -2.36. The first kappa shape index (κ1) is 12.1. The second-order valence-electron chi connectivity index (χ2n) is 4.71.